The van der Waals surface area contributed by atoms with Crippen LogP contribution in [0.4, 0.5) is 0 Å². The van der Waals surface area contributed by atoms with Crippen LogP contribution in [0, 0.1) is 23.7 Å². The molecule has 3 heteroatoms. The molecule has 3 nitrogen and oxygen atoms in total. The van der Waals surface area contributed by atoms with Crippen LogP contribution in [0.15, 0.2) is 0 Å². The van der Waals surface area contributed by atoms with E-state index in [9.17, 15) is 4.79 Å². The highest BCUT2D eigenvalue weighted by molar-refractivity contribution is 5.88. The molecule has 3 aliphatic carbocycles. The van der Waals surface area contributed by atoms with E-state index in [0.717, 1.165) is 13.0 Å². The summed E-state index contributed by atoms with van der Waals surface area (Å²) in [6.07, 6.45) is 2.14. The summed E-state index contributed by atoms with van der Waals surface area (Å²) in [6.45, 7) is 0.759. The summed E-state index contributed by atoms with van der Waals surface area (Å²) in [5, 5.41) is 0. The van der Waals surface area contributed by atoms with Gasteiger partial charge in [-0.3, -0.25) is 4.79 Å². The van der Waals surface area contributed by atoms with E-state index >= 15 is 0 Å². The lowest BCUT2D eigenvalue weighted by atomic mass is 9.59. The number of ether oxygens (including phenoxy) is 2. The number of carbonyl (C=O) groups excluding carboxylic acids is 1. The maximum Gasteiger partial charge on any atom is 0.165 e. The fraction of sp³-hybridized carbons (Fsp3) is 0.900. The van der Waals surface area contributed by atoms with Gasteiger partial charge in [-0.15, -0.1) is 0 Å². The van der Waals surface area contributed by atoms with Crippen molar-refractivity contribution in [3.8, 4) is 0 Å². The van der Waals surface area contributed by atoms with Crippen molar-refractivity contribution in [2.24, 2.45) is 23.7 Å². The number of hydrogen-bond acceptors (Lipinski definition) is 3. The van der Waals surface area contributed by atoms with Crippen molar-refractivity contribution in [2.45, 2.75) is 25.2 Å². The fourth-order valence-electron chi connectivity index (χ4n) is 3.88. The van der Waals surface area contributed by atoms with Crippen LogP contribution >= 0.6 is 0 Å². The molecule has 2 aliphatic heterocycles. The standard InChI is InChI=1S/C10H12O3/c11-8-4-1-2-5-7-6(4)3-12-10(7)13-9(5)8/h4-7,9-10H,1-3H2/t4-,5+,6-,7+,9-,10+/m0/s1. The summed E-state index contributed by atoms with van der Waals surface area (Å²) >= 11 is 0. The molecule has 0 radical (unpaired) electrons. The Morgan fingerprint density at radius 1 is 1.23 bits per heavy atom. The second-order valence-electron chi connectivity index (χ2n) is 4.75. The average molecular weight is 180 g/mol. The lowest BCUT2D eigenvalue weighted by Crippen LogP contribution is -2.50. The fourth-order valence-corrected chi connectivity index (χ4v) is 3.88. The van der Waals surface area contributed by atoms with E-state index in [4.69, 9.17) is 9.47 Å². The molecule has 2 heterocycles. The SMILES string of the molecule is O=C1[C@H]2CC[C@@H]3[C@H]4[C@H](OC[C@H]42)O[C@H]13. The quantitative estimate of drug-likeness (QED) is 0.547. The molecule has 5 aliphatic rings. The summed E-state index contributed by atoms with van der Waals surface area (Å²) in [5.74, 6) is 2.20. The van der Waals surface area contributed by atoms with Crippen molar-refractivity contribution in [3.05, 3.63) is 0 Å². The molecule has 2 saturated heterocycles. The first-order valence-corrected chi connectivity index (χ1v) is 5.17. The van der Waals surface area contributed by atoms with Crippen molar-refractivity contribution >= 4 is 5.78 Å². The van der Waals surface area contributed by atoms with Crippen molar-refractivity contribution in [1.29, 1.82) is 0 Å². The highest BCUT2D eigenvalue weighted by atomic mass is 16.7. The van der Waals surface area contributed by atoms with Gasteiger partial charge in [0.05, 0.1) is 6.61 Å². The van der Waals surface area contributed by atoms with Crippen molar-refractivity contribution in [3.63, 3.8) is 0 Å². The molecular formula is C10H12O3. The van der Waals surface area contributed by atoms with Crippen LogP contribution in [-0.2, 0) is 14.3 Å². The Morgan fingerprint density at radius 3 is 3.08 bits per heavy atom. The highest BCUT2D eigenvalue weighted by Crippen LogP contribution is 2.57. The minimum absolute atomic E-state index is 0.0331. The van der Waals surface area contributed by atoms with Crippen LogP contribution in [-0.4, -0.2) is 24.8 Å². The summed E-state index contributed by atoms with van der Waals surface area (Å²) in [6, 6.07) is 0. The maximum atomic E-state index is 11.9. The van der Waals surface area contributed by atoms with Crippen LogP contribution in [0.2, 0.25) is 0 Å². The monoisotopic (exact) mass is 180 g/mol. The van der Waals surface area contributed by atoms with Crippen molar-refractivity contribution in [1.82, 2.24) is 0 Å². The number of Topliss-reactive ketones (excluding diaryl/α,β-unsaturated/α-hetero) is 1. The van der Waals surface area contributed by atoms with Crippen molar-refractivity contribution < 1.29 is 14.3 Å². The predicted octanol–water partition coefficient (Wildman–Crippen LogP) is 0.583. The minimum Gasteiger partial charge on any atom is -0.352 e. The van der Waals surface area contributed by atoms with Gasteiger partial charge in [0.1, 0.15) is 6.10 Å². The highest BCUT2D eigenvalue weighted by Gasteiger charge is 2.64. The van der Waals surface area contributed by atoms with E-state index in [1.807, 2.05) is 0 Å². The molecule has 0 aromatic carbocycles. The van der Waals surface area contributed by atoms with Crippen molar-refractivity contribution in [2.75, 3.05) is 6.61 Å². The molecule has 6 atom stereocenters. The second kappa shape index (κ2) is 1.98. The molecule has 5 rings (SSSR count). The molecule has 3 saturated carbocycles. The van der Waals surface area contributed by atoms with Gasteiger partial charge in [0.2, 0.25) is 0 Å². The van der Waals surface area contributed by atoms with Gasteiger partial charge in [0, 0.05) is 23.7 Å². The summed E-state index contributed by atoms with van der Waals surface area (Å²) < 4.78 is 11.2. The molecule has 4 bridgehead atoms. The number of rotatable bonds is 0. The zero-order valence-corrected chi connectivity index (χ0v) is 7.31. The Morgan fingerprint density at radius 2 is 2.15 bits per heavy atom. The Hall–Kier alpha value is -0.410. The minimum atomic E-state index is -0.0923. The van der Waals surface area contributed by atoms with Gasteiger partial charge in [-0.1, -0.05) is 0 Å². The topological polar surface area (TPSA) is 35.5 Å². The van der Waals surface area contributed by atoms with Gasteiger partial charge in [-0.25, -0.2) is 0 Å². The largest absolute Gasteiger partial charge is 0.352 e. The molecule has 70 valence electrons. The van der Waals surface area contributed by atoms with Gasteiger partial charge in [0.25, 0.3) is 0 Å². The number of hydrogen-bond donors (Lipinski definition) is 0. The van der Waals surface area contributed by atoms with Gasteiger partial charge >= 0.3 is 0 Å². The third-order valence-corrected chi connectivity index (χ3v) is 4.40. The van der Waals surface area contributed by atoms with E-state index < -0.39 is 0 Å². The molecule has 0 aromatic heterocycles. The molecule has 0 unspecified atom stereocenters. The lowest BCUT2D eigenvalue weighted by Gasteiger charge is -2.42. The van der Waals surface area contributed by atoms with Crippen LogP contribution in [0.5, 0.6) is 0 Å². The molecule has 0 amide bonds. The molecular weight excluding hydrogens is 168 g/mol. The van der Waals surface area contributed by atoms with E-state index in [1.54, 1.807) is 0 Å². The predicted molar refractivity (Wildman–Crippen MR) is 42.8 cm³/mol. The maximum absolute atomic E-state index is 11.9. The van der Waals surface area contributed by atoms with E-state index in [2.05, 4.69) is 0 Å². The first-order chi connectivity index (χ1) is 6.36. The zero-order valence-electron chi connectivity index (χ0n) is 7.31. The number of carbonyl (C=O) groups is 1. The first-order valence-electron chi connectivity index (χ1n) is 5.17. The van der Waals surface area contributed by atoms with Gasteiger partial charge in [-0.2, -0.15) is 0 Å². The second-order valence-corrected chi connectivity index (χ2v) is 4.75. The lowest BCUT2D eigenvalue weighted by molar-refractivity contribution is -0.161. The van der Waals surface area contributed by atoms with E-state index in [1.165, 1.54) is 6.42 Å². The molecule has 0 aromatic rings. The van der Waals surface area contributed by atoms with Gasteiger partial charge < -0.3 is 9.47 Å². The molecule has 0 N–H and O–H groups in total. The summed E-state index contributed by atoms with van der Waals surface area (Å²) in [4.78, 5) is 11.9. The van der Waals surface area contributed by atoms with Gasteiger partial charge in [-0.05, 0) is 12.8 Å². The normalized spacial score (nSPS) is 62.0. The molecule has 5 fully saturated rings. The Kier molecular flexibility index (Phi) is 1.06. The van der Waals surface area contributed by atoms with Crippen LogP contribution < -0.4 is 0 Å². The summed E-state index contributed by atoms with van der Waals surface area (Å²) in [7, 11) is 0. The third kappa shape index (κ3) is 0.616. The van der Waals surface area contributed by atoms with E-state index in [-0.39, 0.29) is 18.3 Å². The number of ketones is 1. The number of fused-ring (bicyclic) bond motifs is 1. The molecule has 0 spiro atoms. The van der Waals surface area contributed by atoms with Crippen LogP contribution in [0.1, 0.15) is 12.8 Å². The first kappa shape index (κ1) is 6.96. The smallest absolute Gasteiger partial charge is 0.165 e. The Balaban J connectivity index is 1.89. The summed E-state index contributed by atoms with van der Waals surface area (Å²) in [5.41, 5.74) is 0. The Bertz CT molecular complexity index is 284. The Labute approximate surface area is 76.4 Å². The third-order valence-electron chi connectivity index (χ3n) is 4.40. The van der Waals surface area contributed by atoms with Crippen LogP contribution in [0.25, 0.3) is 0 Å². The van der Waals surface area contributed by atoms with Crippen LogP contribution in [0.3, 0.4) is 0 Å². The molecule has 13 heavy (non-hydrogen) atoms. The average Bonchev–Trinajstić information content (AvgIpc) is 2.67. The zero-order chi connectivity index (χ0) is 8.58. The van der Waals surface area contributed by atoms with E-state index in [0.29, 0.717) is 23.5 Å². The van der Waals surface area contributed by atoms with Gasteiger partial charge in [0.15, 0.2) is 12.1 Å².